The van der Waals surface area contributed by atoms with Crippen LogP contribution >= 0.6 is 0 Å². The number of anilines is 1. The van der Waals surface area contributed by atoms with Gasteiger partial charge >= 0.3 is 12.0 Å². The average molecular weight is 526 g/mol. The quantitative estimate of drug-likeness (QED) is 0.277. The number of rotatable bonds is 14. The van der Waals surface area contributed by atoms with E-state index in [1.165, 1.54) is 10.5 Å². The number of para-hydroxylation sites is 1. The van der Waals surface area contributed by atoms with Gasteiger partial charge in [0.25, 0.3) is 0 Å². The van der Waals surface area contributed by atoms with Crippen LogP contribution in [0.2, 0.25) is 0 Å². The minimum atomic E-state index is -1.06. The highest BCUT2D eigenvalue weighted by molar-refractivity contribution is 5.83. The number of aliphatic hydroxyl groups excluding tert-OH is 1. The molecule has 206 valence electrons. The third-order valence-electron chi connectivity index (χ3n) is 7.01. The molecule has 1 aromatic carbocycles. The minimum Gasteiger partial charge on any atom is -0.492 e. The van der Waals surface area contributed by atoms with E-state index < -0.39 is 24.1 Å². The van der Waals surface area contributed by atoms with Crippen molar-refractivity contribution in [2.75, 3.05) is 51.2 Å². The number of hydrogen-bond acceptors (Lipinski definition) is 7. The van der Waals surface area contributed by atoms with E-state index in [1.54, 1.807) is 0 Å². The molecule has 1 atom stereocenters. The number of aliphatic carboxylic acids is 1. The van der Waals surface area contributed by atoms with Gasteiger partial charge in [-0.25, -0.2) is 14.6 Å². The Labute approximate surface area is 224 Å². The van der Waals surface area contributed by atoms with Crippen molar-refractivity contribution in [3.63, 3.8) is 0 Å². The Kier molecular flexibility index (Phi) is 10.2. The second-order valence-electron chi connectivity index (χ2n) is 9.99. The number of urea groups is 1. The molecular weight excluding hydrogens is 486 g/mol. The molecule has 1 saturated heterocycles. The maximum absolute atomic E-state index is 12.3. The molecule has 0 spiro atoms. The molecule has 0 saturated carbocycles. The van der Waals surface area contributed by atoms with E-state index in [4.69, 9.17) is 9.72 Å². The van der Waals surface area contributed by atoms with Crippen LogP contribution in [0.15, 0.2) is 42.5 Å². The largest absolute Gasteiger partial charge is 0.492 e. The number of carboxylic acid groups (broad SMARTS) is 1. The zero-order valence-electron chi connectivity index (χ0n) is 21.8. The number of carbonyl (C=O) groups excluding carboxylic acids is 1. The first-order valence-corrected chi connectivity index (χ1v) is 13.6. The molecule has 2 aromatic rings. The topological polar surface area (TPSA) is 127 Å². The highest BCUT2D eigenvalue weighted by atomic mass is 16.5. The van der Waals surface area contributed by atoms with Gasteiger partial charge in [-0.3, -0.25) is 4.90 Å². The molecule has 0 aliphatic carbocycles. The Morgan fingerprint density at radius 1 is 1.13 bits per heavy atom. The Hall–Kier alpha value is -3.37. The lowest BCUT2D eigenvalue weighted by atomic mass is 10.1. The maximum Gasteiger partial charge on any atom is 0.326 e. The normalized spacial score (nSPS) is 15.8. The monoisotopic (exact) mass is 525 g/mol. The van der Waals surface area contributed by atoms with Gasteiger partial charge in [0.05, 0.1) is 19.2 Å². The fourth-order valence-electron chi connectivity index (χ4n) is 4.72. The van der Waals surface area contributed by atoms with Gasteiger partial charge in [-0.05, 0) is 68.8 Å². The van der Waals surface area contributed by atoms with Crippen LogP contribution in [-0.2, 0) is 17.6 Å². The lowest BCUT2D eigenvalue weighted by molar-refractivity contribution is -0.139. The summed E-state index contributed by atoms with van der Waals surface area (Å²) in [7, 11) is 0. The SMILES string of the molecule is O=C(O)[C@H](CCN(CCCCc1ccc2c(n1)NCCC2)CCOc1ccccc1)NC(=O)N1CC(O)C1. The molecule has 38 heavy (non-hydrogen) atoms. The maximum atomic E-state index is 12.3. The van der Waals surface area contributed by atoms with E-state index in [1.807, 2.05) is 30.3 Å². The lowest BCUT2D eigenvalue weighted by Crippen LogP contribution is -2.59. The Morgan fingerprint density at radius 2 is 1.95 bits per heavy atom. The molecule has 10 heteroatoms. The molecule has 4 N–H and O–H groups in total. The number of nitrogens with zero attached hydrogens (tertiary/aromatic N) is 3. The molecule has 1 fully saturated rings. The highest BCUT2D eigenvalue weighted by Gasteiger charge is 2.31. The van der Waals surface area contributed by atoms with Gasteiger partial charge in [-0.1, -0.05) is 24.3 Å². The molecule has 1 aromatic heterocycles. The second kappa shape index (κ2) is 14.0. The first kappa shape index (κ1) is 27.7. The number of aryl methyl sites for hydroxylation is 2. The summed E-state index contributed by atoms with van der Waals surface area (Å²) in [6.45, 7) is 3.87. The van der Waals surface area contributed by atoms with Crippen molar-refractivity contribution < 1.29 is 24.5 Å². The first-order valence-electron chi connectivity index (χ1n) is 13.6. The van der Waals surface area contributed by atoms with Crippen molar-refractivity contribution in [3.8, 4) is 5.75 Å². The molecule has 3 heterocycles. The number of ether oxygens (including phenoxy) is 1. The lowest BCUT2D eigenvalue weighted by Gasteiger charge is -2.36. The fourth-order valence-corrected chi connectivity index (χ4v) is 4.72. The third kappa shape index (κ3) is 8.32. The molecule has 0 bridgehead atoms. The minimum absolute atomic E-state index is 0.232. The number of unbranched alkanes of at least 4 members (excludes halogenated alkanes) is 1. The summed E-state index contributed by atoms with van der Waals surface area (Å²) < 4.78 is 5.87. The van der Waals surface area contributed by atoms with Crippen molar-refractivity contribution in [1.29, 1.82) is 0 Å². The Morgan fingerprint density at radius 3 is 2.71 bits per heavy atom. The van der Waals surface area contributed by atoms with Crippen molar-refractivity contribution in [3.05, 3.63) is 53.7 Å². The molecular formula is C28H39N5O5. The summed E-state index contributed by atoms with van der Waals surface area (Å²) in [6, 6.07) is 12.5. The smallest absolute Gasteiger partial charge is 0.326 e. The molecule has 2 amide bonds. The number of benzene rings is 1. The molecule has 0 radical (unpaired) electrons. The van der Waals surface area contributed by atoms with E-state index in [9.17, 15) is 19.8 Å². The Bertz CT molecular complexity index is 1050. The number of nitrogens with one attached hydrogen (secondary N) is 2. The number of β-amino-alcohol motifs (C(OH)–C–C–N with tert-alkyl or cyclic N) is 1. The van der Waals surface area contributed by atoms with E-state index in [-0.39, 0.29) is 19.5 Å². The third-order valence-corrected chi connectivity index (χ3v) is 7.01. The number of carboxylic acids is 1. The van der Waals surface area contributed by atoms with Crippen molar-refractivity contribution in [2.24, 2.45) is 0 Å². The van der Waals surface area contributed by atoms with Crippen LogP contribution in [0.5, 0.6) is 5.75 Å². The van der Waals surface area contributed by atoms with Crippen LogP contribution in [0.4, 0.5) is 10.6 Å². The van der Waals surface area contributed by atoms with E-state index in [0.29, 0.717) is 19.7 Å². The number of pyridine rings is 1. The highest BCUT2D eigenvalue weighted by Crippen LogP contribution is 2.20. The van der Waals surface area contributed by atoms with Crippen molar-refractivity contribution in [2.45, 2.75) is 50.7 Å². The first-order chi connectivity index (χ1) is 18.5. The fraction of sp³-hybridized carbons (Fsp3) is 0.536. The summed E-state index contributed by atoms with van der Waals surface area (Å²) in [5.74, 6) is 0.752. The zero-order chi connectivity index (χ0) is 26.7. The standard InChI is InChI=1S/C28H39N5O5/c34-23-19-33(20-23)28(37)31-25(27(35)36)13-16-32(17-18-38-24-9-2-1-3-10-24)15-5-4-8-22-12-11-21-7-6-14-29-26(21)30-22/h1-3,9-12,23,25,34H,4-8,13-20H2,(H,29,30)(H,31,37)(H,35,36)/t25-/m0/s1. The number of carbonyl (C=O) groups is 2. The Balaban J connectivity index is 1.26. The van der Waals surface area contributed by atoms with Crippen LogP contribution in [0, 0.1) is 0 Å². The van der Waals surface area contributed by atoms with E-state index in [0.717, 1.165) is 62.5 Å². The number of likely N-dealkylation sites (tertiary alicyclic amines) is 1. The summed E-state index contributed by atoms with van der Waals surface area (Å²) in [5.41, 5.74) is 2.37. The van der Waals surface area contributed by atoms with Crippen molar-refractivity contribution >= 4 is 17.8 Å². The van der Waals surface area contributed by atoms with Gasteiger partial charge in [-0.2, -0.15) is 0 Å². The number of fused-ring (bicyclic) bond motifs is 1. The summed E-state index contributed by atoms with van der Waals surface area (Å²) in [5, 5.41) is 25.1. The number of aromatic nitrogens is 1. The van der Waals surface area contributed by atoms with Crippen LogP contribution in [0.3, 0.4) is 0 Å². The molecule has 2 aliphatic heterocycles. The molecule has 0 unspecified atom stereocenters. The van der Waals surface area contributed by atoms with Crippen molar-refractivity contribution in [1.82, 2.24) is 20.1 Å². The second-order valence-corrected chi connectivity index (χ2v) is 9.99. The van der Waals surface area contributed by atoms with Gasteiger partial charge in [0.1, 0.15) is 24.2 Å². The van der Waals surface area contributed by atoms with Gasteiger partial charge in [0.2, 0.25) is 0 Å². The van der Waals surface area contributed by atoms with Gasteiger partial charge < -0.3 is 30.5 Å². The van der Waals surface area contributed by atoms with E-state index in [2.05, 4.69) is 27.7 Å². The number of aliphatic hydroxyl groups is 1. The van der Waals surface area contributed by atoms with Gasteiger partial charge in [0.15, 0.2) is 0 Å². The average Bonchev–Trinajstić information content (AvgIpc) is 2.91. The van der Waals surface area contributed by atoms with Crippen LogP contribution in [-0.4, -0.2) is 95.0 Å². The predicted octanol–water partition coefficient (Wildman–Crippen LogP) is 2.37. The molecule has 10 nitrogen and oxygen atoms in total. The number of hydrogen-bond donors (Lipinski definition) is 4. The molecule has 2 aliphatic rings. The predicted molar refractivity (Wildman–Crippen MR) is 145 cm³/mol. The summed E-state index contributed by atoms with van der Waals surface area (Å²) in [4.78, 5) is 32.5. The van der Waals surface area contributed by atoms with Gasteiger partial charge in [-0.15, -0.1) is 0 Å². The zero-order valence-corrected chi connectivity index (χ0v) is 21.8. The van der Waals surface area contributed by atoms with Crippen LogP contribution < -0.4 is 15.4 Å². The van der Waals surface area contributed by atoms with Gasteiger partial charge in [0, 0.05) is 25.3 Å². The van der Waals surface area contributed by atoms with Crippen LogP contribution in [0.25, 0.3) is 0 Å². The summed E-state index contributed by atoms with van der Waals surface area (Å²) in [6.07, 6.45) is 4.77. The molecule has 4 rings (SSSR count). The number of amides is 2. The van der Waals surface area contributed by atoms with E-state index >= 15 is 0 Å². The van der Waals surface area contributed by atoms with Crippen LogP contribution in [0.1, 0.15) is 36.9 Å². The summed E-state index contributed by atoms with van der Waals surface area (Å²) >= 11 is 0.